The molecule has 37 heavy (non-hydrogen) atoms. The summed E-state index contributed by atoms with van der Waals surface area (Å²) >= 11 is 0. The zero-order chi connectivity index (χ0) is 24.6. The summed E-state index contributed by atoms with van der Waals surface area (Å²) in [4.78, 5) is 18.9. The SMILES string of the molecule is c1ccc(-c2ccc3ccc(-c4cccc(-c5c(-c6ccccn6)nc6ccccn56)c4)cc3n2)nc1. The van der Waals surface area contributed by atoms with Gasteiger partial charge < -0.3 is 0 Å². The summed E-state index contributed by atoms with van der Waals surface area (Å²) in [5.41, 5.74) is 9.59. The number of hydrogen-bond acceptors (Lipinski definition) is 4. The Morgan fingerprint density at radius 1 is 0.514 bits per heavy atom. The zero-order valence-electron chi connectivity index (χ0n) is 19.9. The van der Waals surface area contributed by atoms with Crippen molar-refractivity contribution in [3.8, 4) is 45.2 Å². The summed E-state index contributed by atoms with van der Waals surface area (Å²) in [6.07, 6.45) is 5.65. The summed E-state index contributed by atoms with van der Waals surface area (Å²) in [5, 5.41) is 1.10. The Kier molecular flexibility index (Phi) is 5.03. The minimum absolute atomic E-state index is 0.851. The largest absolute Gasteiger partial charge is 0.299 e. The molecule has 0 unspecified atom stereocenters. The number of hydrogen-bond donors (Lipinski definition) is 0. The molecule has 5 heterocycles. The van der Waals surface area contributed by atoms with E-state index in [1.807, 2.05) is 60.7 Å². The topological polar surface area (TPSA) is 56.0 Å². The molecule has 7 aromatic rings. The van der Waals surface area contributed by atoms with E-state index in [-0.39, 0.29) is 0 Å². The highest BCUT2D eigenvalue weighted by Gasteiger charge is 2.17. The zero-order valence-corrected chi connectivity index (χ0v) is 19.9. The van der Waals surface area contributed by atoms with Crippen molar-refractivity contribution in [2.75, 3.05) is 0 Å². The molecule has 5 aromatic heterocycles. The highest BCUT2D eigenvalue weighted by Crippen LogP contribution is 2.34. The third-order valence-corrected chi connectivity index (χ3v) is 6.53. The molecule has 0 N–H and O–H groups in total. The molecule has 0 amide bonds. The van der Waals surface area contributed by atoms with Crippen molar-refractivity contribution in [1.82, 2.24) is 24.3 Å². The van der Waals surface area contributed by atoms with Crippen LogP contribution in [0.3, 0.4) is 0 Å². The third-order valence-electron chi connectivity index (χ3n) is 6.53. The van der Waals surface area contributed by atoms with Gasteiger partial charge in [-0.2, -0.15) is 0 Å². The molecule has 0 radical (unpaired) electrons. The van der Waals surface area contributed by atoms with Gasteiger partial charge in [-0.3, -0.25) is 14.4 Å². The first-order valence-corrected chi connectivity index (χ1v) is 12.1. The van der Waals surface area contributed by atoms with Crippen LogP contribution in [0.2, 0.25) is 0 Å². The molecule has 0 saturated carbocycles. The van der Waals surface area contributed by atoms with Crippen molar-refractivity contribution in [1.29, 1.82) is 0 Å². The molecule has 0 aliphatic carbocycles. The molecule has 0 fully saturated rings. The van der Waals surface area contributed by atoms with E-state index in [4.69, 9.17) is 9.97 Å². The summed E-state index contributed by atoms with van der Waals surface area (Å²) in [6, 6.07) is 37.0. The van der Waals surface area contributed by atoms with Gasteiger partial charge in [-0.25, -0.2) is 9.97 Å². The molecule has 0 aliphatic rings. The highest BCUT2D eigenvalue weighted by atomic mass is 15.0. The lowest BCUT2D eigenvalue weighted by atomic mass is 9.99. The van der Waals surface area contributed by atoms with Crippen LogP contribution < -0.4 is 0 Å². The van der Waals surface area contributed by atoms with Gasteiger partial charge in [-0.05, 0) is 65.7 Å². The van der Waals surface area contributed by atoms with Crippen molar-refractivity contribution >= 4 is 16.6 Å². The molecule has 0 bridgehead atoms. The van der Waals surface area contributed by atoms with Gasteiger partial charge >= 0.3 is 0 Å². The van der Waals surface area contributed by atoms with E-state index in [1.165, 1.54) is 0 Å². The fourth-order valence-electron chi connectivity index (χ4n) is 4.75. The number of rotatable bonds is 4. The lowest BCUT2D eigenvalue weighted by Gasteiger charge is -2.09. The van der Waals surface area contributed by atoms with E-state index in [1.54, 1.807) is 12.4 Å². The number of pyridine rings is 4. The van der Waals surface area contributed by atoms with Gasteiger partial charge in [0.15, 0.2) is 0 Å². The molecule has 7 rings (SSSR count). The van der Waals surface area contributed by atoms with Crippen LogP contribution >= 0.6 is 0 Å². The van der Waals surface area contributed by atoms with Crippen LogP contribution in [0.15, 0.2) is 128 Å². The molecule has 5 heteroatoms. The van der Waals surface area contributed by atoms with Crippen LogP contribution in [0.1, 0.15) is 0 Å². The Bertz CT molecular complexity index is 1870. The van der Waals surface area contributed by atoms with Crippen LogP contribution in [0.4, 0.5) is 0 Å². The average Bonchev–Trinajstić information content (AvgIpc) is 3.37. The van der Waals surface area contributed by atoms with Gasteiger partial charge in [-0.1, -0.05) is 54.6 Å². The Hall–Kier alpha value is -5.16. The monoisotopic (exact) mass is 475 g/mol. The first-order valence-electron chi connectivity index (χ1n) is 12.1. The fraction of sp³-hybridized carbons (Fsp3) is 0. The lowest BCUT2D eigenvalue weighted by molar-refractivity contribution is 1.19. The molecule has 2 aromatic carbocycles. The van der Waals surface area contributed by atoms with Gasteiger partial charge in [-0.15, -0.1) is 0 Å². The molecule has 0 atom stereocenters. The van der Waals surface area contributed by atoms with Gasteiger partial charge in [0, 0.05) is 29.5 Å². The summed E-state index contributed by atoms with van der Waals surface area (Å²) < 4.78 is 2.13. The van der Waals surface area contributed by atoms with Crippen LogP contribution in [0, 0.1) is 0 Å². The smallest absolute Gasteiger partial charge is 0.138 e. The van der Waals surface area contributed by atoms with Crippen molar-refractivity contribution in [3.63, 3.8) is 0 Å². The molecule has 0 saturated heterocycles. The maximum Gasteiger partial charge on any atom is 0.138 e. The van der Waals surface area contributed by atoms with Gasteiger partial charge in [0.25, 0.3) is 0 Å². The minimum atomic E-state index is 0.851. The van der Waals surface area contributed by atoms with Gasteiger partial charge in [0.1, 0.15) is 11.3 Å². The number of aromatic nitrogens is 5. The van der Waals surface area contributed by atoms with Crippen LogP contribution in [0.25, 0.3) is 61.7 Å². The number of benzene rings is 2. The molecule has 0 aliphatic heterocycles. The second-order valence-corrected chi connectivity index (χ2v) is 8.85. The second kappa shape index (κ2) is 8.81. The Morgan fingerprint density at radius 3 is 2.11 bits per heavy atom. The number of fused-ring (bicyclic) bond motifs is 2. The Balaban J connectivity index is 1.36. The highest BCUT2D eigenvalue weighted by molar-refractivity contribution is 5.88. The summed E-state index contributed by atoms with van der Waals surface area (Å²) in [7, 11) is 0. The first kappa shape index (κ1) is 21.1. The predicted molar refractivity (Wildman–Crippen MR) is 148 cm³/mol. The number of imidazole rings is 1. The van der Waals surface area contributed by atoms with Crippen molar-refractivity contribution in [2.45, 2.75) is 0 Å². The van der Waals surface area contributed by atoms with Crippen molar-refractivity contribution < 1.29 is 0 Å². The van der Waals surface area contributed by atoms with E-state index in [0.29, 0.717) is 0 Å². The second-order valence-electron chi connectivity index (χ2n) is 8.85. The van der Waals surface area contributed by atoms with E-state index in [9.17, 15) is 0 Å². The molecule has 5 nitrogen and oxygen atoms in total. The quantitative estimate of drug-likeness (QED) is 0.267. The van der Waals surface area contributed by atoms with Crippen molar-refractivity contribution in [2.24, 2.45) is 0 Å². The van der Waals surface area contributed by atoms with Crippen LogP contribution in [-0.2, 0) is 0 Å². The molecule has 174 valence electrons. The molecule has 0 spiro atoms. The van der Waals surface area contributed by atoms with Gasteiger partial charge in [0.2, 0.25) is 0 Å². The van der Waals surface area contributed by atoms with Crippen LogP contribution in [0.5, 0.6) is 0 Å². The fourth-order valence-corrected chi connectivity index (χ4v) is 4.75. The third kappa shape index (κ3) is 3.83. The Labute approximate surface area is 213 Å². The summed E-state index contributed by atoms with van der Waals surface area (Å²) in [5.74, 6) is 0. The molecular weight excluding hydrogens is 454 g/mol. The van der Waals surface area contributed by atoms with E-state index in [0.717, 1.165) is 61.7 Å². The lowest BCUT2D eigenvalue weighted by Crippen LogP contribution is -1.91. The predicted octanol–water partition coefficient (Wildman–Crippen LogP) is 7.34. The molecular formula is C32H21N5. The maximum absolute atomic E-state index is 4.93. The van der Waals surface area contributed by atoms with Crippen LogP contribution in [-0.4, -0.2) is 24.3 Å². The first-order chi connectivity index (χ1) is 18.3. The Morgan fingerprint density at radius 2 is 1.27 bits per heavy atom. The maximum atomic E-state index is 4.93. The van der Waals surface area contributed by atoms with Crippen molar-refractivity contribution in [3.05, 3.63) is 128 Å². The minimum Gasteiger partial charge on any atom is -0.299 e. The van der Waals surface area contributed by atoms with E-state index in [2.05, 4.69) is 69.1 Å². The standard InChI is InChI=1S/C32H21N5/c1-4-17-33-26(10-1)27-16-15-22-13-14-24(21-29(22)35-27)23-8-7-9-25(20-23)32-31(28-11-2-5-18-34-28)36-30-12-3-6-19-37(30)32/h1-21H. The van der Waals surface area contributed by atoms with E-state index < -0.39 is 0 Å². The normalized spacial score (nSPS) is 11.2. The number of nitrogens with zero attached hydrogens (tertiary/aromatic N) is 5. The summed E-state index contributed by atoms with van der Waals surface area (Å²) in [6.45, 7) is 0. The van der Waals surface area contributed by atoms with E-state index >= 15 is 0 Å². The average molecular weight is 476 g/mol. The van der Waals surface area contributed by atoms with Gasteiger partial charge in [0.05, 0.1) is 28.3 Å².